The fraction of sp³-hybridized carbons (Fsp3) is 0.923. The Bertz CT molecular complexity index is 289. The van der Waals surface area contributed by atoms with Crippen LogP contribution in [-0.4, -0.2) is 60.5 Å². The summed E-state index contributed by atoms with van der Waals surface area (Å²) in [4.78, 5) is 13.0. The molecule has 0 radical (unpaired) electrons. The number of rotatable bonds is 5. The predicted octanol–water partition coefficient (Wildman–Crippen LogP) is 1.12. The summed E-state index contributed by atoms with van der Waals surface area (Å²) in [5, 5.41) is 9.00. The highest BCUT2D eigenvalue weighted by molar-refractivity contribution is 5.69. The molecule has 0 aromatic rings. The molecule has 1 spiro atoms. The number of carboxylic acid groups (broad SMARTS) is 1. The molecule has 5 nitrogen and oxygen atoms in total. The number of carbonyl (C=O) groups is 1. The molecule has 2 unspecified atom stereocenters. The quantitative estimate of drug-likeness (QED) is 0.800. The first-order chi connectivity index (χ1) is 8.65. The highest BCUT2D eigenvalue weighted by Crippen LogP contribution is 2.34. The van der Waals surface area contributed by atoms with E-state index in [0.717, 1.165) is 38.8 Å². The molecule has 2 heterocycles. The molecule has 0 amide bonds. The number of carboxylic acids is 1. The van der Waals surface area contributed by atoms with Gasteiger partial charge in [0.1, 0.15) is 0 Å². The maximum Gasteiger partial charge on any atom is 0.317 e. The molecule has 18 heavy (non-hydrogen) atoms. The van der Waals surface area contributed by atoms with Crippen molar-refractivity contribution in [3.63, 3.8) is 0 Å². The first-order valence-electron chi connectivity index (χ1n) is 6.83. The molecule has 2 atom stereocenters. The van der Waals surface area contributed by atoms with Crippen LogP contribution >= 0.6 is 0 Å². The monoisotopic (exact) mass is 257 g/mol. The lowest BCUT2D eigenvalue weighted by Gasteiger charge is -2.41. The molecule has 5 heteroatoms. The summed E-state index contributed by atoms with van der Waals surface area (Å²) in [7, 11) is 0. The van der Waals surface area contributed by atoms with E-state index in [0.29, 0.717) is 19.3 Å². The third-order valence-electron chi connectivity index (χ3n) is 3.90. The summed E-state index contributed by atoms with van der Waals surface area (Å²) >= 11 is 0. The van der Waals surface area contributed by atoms with E-state index in [-0.39, 0.29) is 12.1 Å². The second-order valence-electron chi connectivity index (χ2n) is 5.34. The molecule has 1 N–H and O–H groups in total. The van der Waals surface area contributed by atoms with Gasteiger partial charge >= 0.3 is 5.97 Å². The fourth-order valence-corrected chi connectivity index (χ4v) is 3.03. The molecule has 104 valence electrons. The smallest absolute Gasteiger partial charge is 0.317 e. The SMILES string of the molecule is CCCN(CC(=O)O)C1CCOC2(CCOC2)C1. The van der Waals surface area contributed by atoms with Gasteiger partial charge in [0.2, 0.25) is 0 Å². The van der Waals surface area contributed by atoms with Gasteiger partial charge in [-0.15, -0.1) is 0 Å². The van der Waals surface area contributed by atoms with Crippen LogP contribution in [0, 0.1) is 0 Å². The van der Waals surface area contributed by atoms with E-state index in [1.165, 1.54) is 0 Å². The van der Waals surface area contributed by atoms with Crippen LogP contribution in [0.25, 0.3) is 0 Å². The zero-order valence-corrected chi connectivity index (χ0v) is 11.1. The minimum atomic E-state index is -0.744. The number of aliphatic carboxylic acids is 1. The van der Waals surface area contributed by atoms with Crippen molar-refractivity contribution in [2.45, 2.75) is 44.2 Å². The Morgan fingerprint density at radius 2 is 2.33 bits per heavy atom. The summed E-state index contributed by atoms with van der Waals surface area (Å²) < 4.78 is 11.3. The standard InChI is InChI=1S/C13H23NO4/c1-2-5-14(9-12(15)16)11-3-6-18-13(8-11)4-7-17-10-13/h11H,2-10H2,1H3,(H,15,16). The largest absolute Gasteiger partial charge is 0.480 e. The predicted molar refractivity (Wildman–Crippen MR) is 66.6 cm³/mol. The third kappa shape index (κ3) is 3.22. The van der Waals surface area contributed by atoms with Gasteiger partial charge in [-0.05, 0) is 25.8 Å². The third-order valence-corrected chi connectivity index (χ3v) is 3.90. The Balaban J connectivity index is 1.98. The van der Waals surface area contributed by atoms with Crippen molar-refractivity contribution in [1.82, 2.24) is 4.90 Å². The Morgan fingerprint density at radius 1 is 1.50 bits per heavy atom. The van der Waals surface area contributed by atoms with E-state index in [1.807, 2.05) is 0 Å². The molecule has 2 saturated heterocycles. The van der Waals surface area contributed by atoms with Crippen molar-refractivity contribution in [2.24, 2.45) is 0 Å². The molecule has 2 aliphatic heterocycles. The molecular weight excluding hydrogens is 234 g/mol. The van der Waals surface area contributed by atoms with E-state index in [4.69, 9.17) is 14.6 Å². The van der Waals surface area contributed by atoms with E-state index >= 15 is 0 Å². The number of hydrogen-bond donors (Lipinski definition) is 1. The highest BCUT2D eigenvalue weighted by Gasteiger charge is 2.42. The van der Waals surface area contributed by atoms with E-state index in [9.17, 15) is 4.79 Å². The van der Waals surface area contributed by atoms with Crippen LogP contribution in [0.2, 0.25) is 0 Å². The molecule has 0 bridgehead atoms. The van der Waals surface area contributed by atoms with Crippen molar-refractivity contribution in [3.05, 3.63) is 0 Å². The fourth-order valence-electron chi connectivity index (χ4n) is 3.03. The average molecular weight is 257 g/mol. The van der Waals surface area contributed by atoms with Crippen LogP contribution in [-0.2, 0) is 14.3 Å². The minimum absolute atomic E-state index is 0.134. The summed E-state index contributed by atoms with van der Waals surface area (Å²) in [6.45, 7) is 5.20. The van der Waals surface area contributed by atoms with Gasteiger partial charge < -0.3 is 14.6 Å². The number of hydrogen-bond acceptors (Lipinski definition) is 4. The maximum atomic E-state index is 10.9. The highest BCUT2D eigenvalue weighted by atomic mass is 16.6. The number of nitrogens with zero attached hydrogens (tertiary/aromatic N) is 1. The normalized spacial score (nSPS) is 32.2. The Hall–Kier alpha value is -0.650. The van der Waals surface area contributed by atoms with Gasteiger partial charge in [0, 0.05) is 25.7 Å². The van der Waals surface area contributed by atoms with Gasteiger partial charge in [0.25, 0.3) is 0 Å². The lowest BCUT2D eigenvalue weighted by atomic mass is 9.88. The van der Waals surface area contributed by atoms with Crippen molar-refractivity contribution < 1.29 is 19.4 Å². The molecule has 2 aliphatic rings. The van der Waals surface area contributed by atoms with Gasteiger partial charge in [-0.2, -0.15) is 0 Å². The molecule has 2 rings (SSSR count). The Morgan fingerprint density at radius 3 is 2.94 bits per heavy atom. The zero-order chi connectivity index (χ0) is 13.0. The van der Waals surface area contributed by atoms with E-state index < -0.39 is 5.97 Å². The van der Waals surface area contributed by atoms with Gasteiger partial charge in [-0.1, -0.05) is 6.92 Å². The summed E-state index contributed by atoms with van der Waals surface area (Å²) in [6, 6.07) is 0.316. The maximum absolute atomic E-state index is 10.9. The lowest BCUT2D eigenvalue weighted by molar-refractivity contribution is -0.142. The second kappa shape index (κ2) is 5.99. The summed E-state index contributed by atoms with van der Waals surface area (Å²) in [5.41, 5.74) is -0.145. The van der Waals surface area contributed by atoms with Gasteiger partial charge in [-0.25, -0.2) is 0 Å². The van der Waals surface area contributed by atoms with Crippen molar-refractivity contribution >= 4 is 5.97 Å². The number of ether oxygens (including phenoxy) is 2. The molecule has 0 saturated carbocycles. The van der Waals surface area contributed by atoms with Crippen LogP contribution in [0.1, 0.15) is 32.6 Å². The van der Waals surface area contributed by atoms with Crippen molar-refractivity contribution in [3.8, 4) is 0 Å². The second-order valence-corrected chi connectivity index (χ2v) is 5.34. The van der Waals surface area contributed by atoms with E-state index in [1.54, 1.807) is 0 Å². The lowest BCUT2D eigenvalue weighted by Crippen LogP contribution is -2.50. The van der Waals surface area contributed by atoms with Crippen LogP contribution in [0.15, 0.2) is 0 Å². The van der Waals surface area contributed by atoms with Crippen LogP contribution < -0.4 is 0 Å². The van der Waals surface area contributed by atoms with Gasteiger partial charge in [0.15, 0.2) is 0 Å². The summed E-state index contributed by atoms with van der Waals surface area (Å²) in [6.07, 6.45) is 3.75. The topological polar surface area (TPSA) is 59.0 Å². The molecule has 2 fully saturated rings. The summed E-state index contributed by atoms with van der Waals surface area (Å²) in [5.74, 6) is -0.744. The van der Waals surface area contributed by atoms with Gasteiger partial charge in [0.05, 0.1) is 18.8 Å². The Labute approximate surface area is 108 Å². The van der Waals surface area contributed by atoms with Crippen LogP contribution in [0.5, 0.6) is 0 Å². The average Bonchev–Trinajstić information content (AvgIpc) is 2.76. The molecule has 0 aromatic heterocycles. The zero-order valence-electron chi connectivity index (χ0n) is 11.1. The first kappa shape index (κ1) is 13.8. The molecular formula is C13H23NO4. The molecule has 0 aromatic carbocycles. The Kier molecular flexibility index (Phi) is 4.59. The first-order valence-corrected chi connectivity index (χ1v) is 6.83. The van der Waals surface area contributed by atoms with Crippen LogP contribution in [0.3, 0.4) is 0 Å². The van der Waals surface area contributed by atoms with Crippen LogP contribution in [0.4, 0.5) is 0 Å². The van der Waals surface area contributed by atoms with Gasteiger partial charge in [-0.3, -0.25) is 9.69 Å². The van der Waals surface area contributed by atoms with Crippen molar-refractivity contribution in [2.75, 3.05) is 32.9 Å². The van der Waals surface area contributed by atoms with Crippen molar-refractivity contribution in [1.29, 1.82) is 0 Å². The van der Waals surface area contributed by atoms with E-state index in [2.05, 4.69) is 11.8 Å². The molecule has 0 aliphatic carbocycles. The minimum Gasteiger partial charge on any atom is -0.480 e.